The van der Waals surface area contributed by atoms with Crippen molar-refractivity contribution in [3.8, 4) is 0 Å². The van der Waals surface area contributed by atoms with Gasteiger partial charge in [0.1, 0.15) is 4.90 Å². The predicted octanol–water partition coefficient (Wildman–Crippen LogP) is 0.0705. The van der Waals surface area contributed by atoms with Crippen molar-refractivity contribution in [1.82, 2.24) is 9.71 Å². The number of nitrogen functional groups attached to an aromatic ring is 1. The number of nitrogens with one attached hydrogen (secondary N) is 2. The van der Waals surface area contributed by atoms with Gasteiger partial charge in [0.15, 0.2) is 5.82 Å². The molecule has 18 heavy (non-hydrogen) atoms. The first-order valence-electron chi connectivity index (χ1n) is 5.54. The maximum atomic E-state index is 12.0. The number of nitrogens with two attached hydrogens (primary N) is 1. The maximum absolute atomic E-state index is 12.0. The Kier molecular flexibility index (Phi) is 5.48. The van der Waals surface area contributed by atoms with Crippen molar-refractivity contribution in [2.75, 3.05) is 18.6 Å². The molecule has 0 fully saturated rings. The maximum Gasteiger partial charge on any atom is 0.244 e. The Bertz CT molecular complexity index is 478. The quantitative estimate of drug-likeness (QED) is 0.480. The van der Waals surface area contributed by atoms with Gasteiger partial charge in [-0.15, -0.1) is 0 Å². The molecule has 0 radical (unpaired) electrons. The molecule has 1 heterocycles. The molecule has 8 heteroatoms. The summed E-state index contributed by atoms with van der Waals surface area (Å²) >= 11 is 0. The van der Waals surface area contributed by atoms with Gasteiger partial charge in [0.05, 0.1) is 6.10 Å². The number of sulfonamides is 1. The first-order chi connectivity index (χ1) is 8.51. The lowest BCUT2D eigenvalue weighted by molar-refractivity contribution is 0.0799. The fraction of sp³-hybridized carbons (Fsp3) is 0.500. The van der Waals surface area contributed by atoms with Crippen molar-refractivity contribution < 1.29 is 13.2 Å². The molecule has 0 saturated carbocycles. The van der Waals surface area contributed by atoms with Gasteiger partial charge >= 0.3 is 0 Å². The molecular formula is C10H18N4O3S. The fourth-order valence-corrected chi connectivity index (χ4v) is 2.60. The van der Waals surface area contributed by atoms with Gasteiger partial charge in [0.25, 0.3) is 0 Å². The van der Waals surface area contributed by atoms with E-state index in [0.717, 1.165) is 0 Å². The number of nitrogens with zero attached hydrogens (tertiary/aromatic N) is 1. The molecule has 1 rings (SSSR count). The summed E-state index contributed by atoms with van der Waals surface area (Å²) in [7, 11) is -3.65. The van der Waals surface area contributed by atoms with Crippen molar-refractivity contribution in [3.63, 3.8) is 0 Å². The van der Waals surface area contributed by atoms with Gasteiger partial charge in [0, 0.05) is 19.3 Å². The summed E-state index contributed by atoms with van der Waals surface area (Å²) in [4.78, 5) is 3.85. The van der Waals surface area contributed by atoms with Crippen LogP contribution in [-0.2, 0) is 14.8 Å². The van der Waals surface area contributed by atoms with Crippen LogP contribution in [0.3, 0.4) is 0 Å². The van der Waals surface area contributed by atoms with Gasteiger partial charge in [-0.2, -0.15) is 0 Å². The minimum Gasteiger partial charge on any atom is -0.377 e. The molecule has 0 bridgehead atoms. The van der Waals surface area contributed by atoms with E-state index in [1.165, 1.54) is 18.3 Å². The minimum absolute atomic E-state index is 0.0104. The number of aromatic nitrogens is 1. The van der Waals surface area contributed by atoms with Crippen molar-refractivity contribution in [3.05, 3.63) is 18.3 Å². The fourth-order valence-electron chi connectivity index (χ4n) is 1.36. The van der Waals surface area contributed by atoms with Crippen molar-refractivity contribution in [2.45, 2.75) is 24.8 Å². The van der Waals surface area contributed by atoms with Crippen LogP contribution >= 0.6 is 0 Å². The van der Waals surface area contributed by atoms with Gasteiger partial charge in [0.2, 0.25) is 10.0 Å². The summed E-state index contributed by atoms with van der Waals surface area (Å²) in [5, 5.41) is 0. The van der Waals surface area contributed by atoms with Gasteiger partial charge < -0.3 is 10.2 Å². The Morgan fingerprint density at radius 3 is 2.89 bits per heavy atom. The third-order valence-corrected chi connectivity index (χ3v) is 3.66. The molecule has 7 nitrogen and oxygen atoms in total. The van der Waals surface area contributed by atoms with Crippen LogP contribution in [-0.4, -0.2) is 32.7 Å². The van der Waals surface area contributed by atoms with E-state index in [4.69, 9.17) is 10.6 Å². The Labute approximate surface area is 107 Å². The molecule has 1 atom stereocenters. The van der Waals surface area contributed by atoms with Crippen molar-refractivity contribution in [2.24, 2.45) is 5.84 Å². The van der Waals surface area contributed by atoms with Gasteiger partial charge in [-0.1, -0.05) is 0 Å². The lowest BCUT2D eigenvalue weighted by atomic mass is 10.4. The Balaban J connectivity index is 2.80. The molecule has 1 aromatic rings. The smallest absolute Gasteiger partial charge is 0.244 e. The highest BCUT2D eigenvalue weighted by Crippen LogP contribution is 2.16. The third-order valence-electron chi connectivity index (χ3n) is 2.21. The Hall–Kier alpha value is -1.22. The van der Waals surface area contributed by atoms with Crippen LogP contribution in [0.2, 0.25) is 0 Å². The molecule has 4 N–H and O–H groups in total. The summed E-state index contributed by atoms with van der Waals surface area (Å²) in [5.74, 6) is 5.33. The van der Waals surface area contributed by atoms with Crippen molar-refractivity contribution in [1.29, 1.82) is 0 Å². The minimum atomic E-state index is -3.65. The second kappa shape index (κ2) is 6.64. The van der Waals surface area contributed by atoms with Gasteiger partial charge in [-0.3, -0.25) is 0 Å². The summed E-state index contributed by atoms with van der Waals surface area (Å²) in [6.45, 7) is 4.36. The van der Waals surface area contributed by atoms with Crippen LogP contribution < -0.4 is 16.0 Å². The molecular weight excluding hydrogens is 256 g/mol. The lowest BCUT2D eigenvalue weighted by Crippen LogP contribution is -2.33. The summed E-state index contributed by atoms with van der Waals surface area (Å²) < 4.78 is 31.7. The van der Waals surface area contributed by atoms with E-state index in [2.05, 4.69) is 15.1 Å². The van der Waals surface area contributed by atoms with Crippen LogP contribution in [0.25, 0.3) is 0 Å². The lowest BCUT2D eigenvalue weighted by Gasteiger charge is -2.14. The van der Waals surface area contributed by atoms with E-state index in [9.17, 15) is 8.42 Å². The summed E-state index contributed by atoms with van der Waals surface area (Å²) in [6.07, 6.45) is 1.26. The number of hydrazine groups is 1. The average Bonchev–Trinajstić information content (AvgIpc) is 2.37. The Morgan fingerprint density at radius 1 is 1.56 bits per heavy atom. The molecule has 0 aliphatic carbocycles. The molecule has 0 aliphatic rings. The van der Waals surface area contributed by atoms with Crippen LogP contribution in [0, 0.1) is 0 Å². The standard InChI is InChI=1S/C10H18N4O3S/c1-3-17-8(2)7-13-18(15,16)9-5-4-6-12-10(9)14-11/h4-6,8,13H,3,7,11H2,1-2H3,(H,12,14). The first-order valence-corrected chi connectivity index (χ1v) is 7.02. The van der Waals surface area contributed by atoms with E-state index in [0.29, 0.717) is 6.61 Å². The number of pyridine rings is 1. The van der Waals surface area contributed by atoms with E-state index < -0.39 is 10.0 Å². The average molecular weight is 274 g/mol. The number of hydrogen-bond donors (Lipinski definition) is 3. The molecule has 0 amide bonds. The molecule has 1 unspecified atom stereocenters. The Morgan fingerprint density at radius 2 is 2.28 bits per heavy atom. The summed E-state index contributed by atoms with van der Waals surface area (Å²) in [5.41, 5.74) is 2.25. The van der Waals surface area contributed by atoms with E-state index >= 15 is 0 Å². The monoisotopic (exact) mass is 274 g/mol. The van der Waals surface area contributed by atoms with Crippen LogP contribution in [0.1, 0.15) is 13.8 Å². The molecule has 0 aromatic carbocycles. The zero-order valence-corrected chi connectivity index (χ0v) is 11.2. The third kappa shape index (κ3) is 3.91. The zero-order chi connectivity index (χ0) is 13.6. The number of rotatable bonds is 7. The number of ether oxygens (including phenoxy) is 1. The van der Waals surface area contributed by atoms with E-state index in [1.54, 1.807) is 6.92 Å². The van der Waals surface area contributed by atoms with Gasteiger partial charge in [-0.25, -0.2) is 24.0 Å². The van der Waals surface area contributed by atoms with E-state index in [-0.39, 0.29) is 23.4 Å². The van der Waals surface area contributed by atoms with Crippen molar-refractivity contribution >= 4 is 15.8 Å². The number of anilines is 1. The van der Waals surface area contributed by atoms with Crippen LogP contribution in [0.5, 0.6) is 0 Å². The second-order valence-electron chi connectivity index (χ2n) is 3.61. The highest BCUT2D eigenvalue weighted by atomic mass is 32.2. The van der Waals surface area contributed by atoms with Gasteiger partial charge in [-0.05, 0) is 26.0 Å². The zero-order valence-electron chi connectivity index (χ0n) is 10.4. The highest BCUT2D eigenvalue weighted by molar-refractivity contribution is 7.89. The SMILES string of the molecule is CCOC(C)CNS(=O)(=O)c1cccnc1NN. The molecule has 1 aromatic heterocycles. The van der Waals surface area contributed by atoms with E-state index in [1.807, 2.05) is 6.92 Å². The molecule has 0 spiro atoms. The molecule has 0 aliphatic heterocycles. The molecule has 102 valence electrons. The normalized spacial score (nSPS) is 13.3. The number of hydrogen-bond acceptors (Lipinski definition) is 6. The predicted molar refractivity (Wildman–Crippen MR) is 68.3 cm³/mol. The molecule has 0 saturated heterocycles. The summed E-state index contributed by atoms with van der Waals surface area (Å²) in [6, 6.07) is 2.96. The largest absolute Gasteiger partial charge is 0.377 e. The highest BCUT2D eigenvalue weighted by Gasteiger charge is 2.19. The second-order valence-corrected chi connectivity index (χ2v) is 5.35. The topological polar surface area (TPSA) is 106 Å². The van der Waals surface area contributed by atoms with Crippen LogP contribution in [0.4, 0.5) is 5.82 Å². The van der Waals surface area contributed by atoms with Crippen LogP contribution in [0.15, 0.2) is 23.2 Å². The first kappa shape index (κ1) is 14.8.